The summed E-state index contributed by atoms with van der Waals surface area (Å²) in [6.45, 7) is 9.76. The Hall–Kier alpha value is -1.09. The van der Waals surface area contributed by atoms with Gasteiger partial charge in [0.2, 0.25) is 0 Å². The van der Waals surface area contributed by atoms with Crippen LogP contribution in [0.2, 0.25) is 0 Å². The molecule has 0 radical (unpaired) electrons. The molecule has 19 heavy (non-hydrogen) atoms. The standard InChI is InChI=1S/C16H26FNO/c1-6-9-18-15(16(2,3)4)11-12-7-8-14(19-5)13(17)10-12/h7-8,10,15,18H,6,9,11H2,1-5H3. The zero-order chi connectivity index (χ0) is 14.5. The van der Waals surface area contributed by atoms with Crippen LogP contribution < -0.4 is 10.1 Å². The molecule has 1 aromatic carbocycles. The van der Waals surface area contributed by atoms with Crippen molar-refractivity contribution < 1.29 is 9.13 Å². The lowest BCUT2D eigenvalue weighted by molar-refractivity contribution is 0.266. The zero-order valence-corrected chi connectivity index (χ0v) is 12.7. The number of methoxy groups -OCH3 is 1. The maximum atomic E-state index is 13.7. The second-order valence-corrected chi connectivity index (χ2v) is 6.05. The van der Waals surface area contributed by atoms with Crippen LogP contribution in [0, 0.1) is 11.2 Å². The van der Waals surface area contributed by atoms with Gasteiger partial charge < -0.3 is 10.1 Å². The second-order valence-electron chi connectivity index (χ2n) is 6.05. The monoisotopic (exact) mass is 267 g/mol. The van der Waals surface area contributed by atoms with Gasteiger partial charge in [-0.1, -0.05) is 33.8 Å². The zero-order valence-electron chi connectivity index (χ0n) is 12.7. The smallest absolute Gasteiger partial charge is 0.165 e. The Bertz CT molecular complexity index is 398. The van der Waals surface area contributed by atoms with Crippen LogP contribution in [-0.2, 0) is 6.42 Å². The minimum absolute atomic E-state index is 0.144. The quantitative estimate of drug-likeness (QED) is 0.846. The molecule has 1 unspecified atom stereocenters. The third-order valence-corrected chi connectivity index (χ3v) is 3.34. The fourth-order valence-electron chi connectivity index (χ4n) is 2.08. The van der Waals surface area contributed by atoms with Crippen molar-refractivity contribution in [3.8, 4) is 5.75 Å². The normalized spacial score (nSPS) is 13.4. The van der Waals surface area contributed by atoms with Gasteiger partial charge >= 0.3 is 0 Å². The highest BCUT2D eigenvalue weighted by molar-refractivity contribution is 5.29. The van der Waals surface area contributed by atoms with Gasteiger partial charge in [-0.3, -0.25) is 0 Å². The summed E-state index contributed by atoms with van der Waals surface area (Å²) in [5.41, 5.74) is 1.15. The third kappa shape index (κ3) is 4.83. The lowest BCUT2D eigenvalue weighted by atomic mass is 9.83. The number of nitrogens with one attached hydrogen (secondary N) is 1. The number of hydrogen-bond donors (Lipinski definition) is 1. The van der Waals surface area contributed by atoms with Crippen LogP contribution in [0.4, 0.5) is 4.39 Å². The van der Waals surface area contributed by atoms with Crippen LogP contribution in [0.3, 0.4) is 0 Å². The number of halogens is 1. The van der Waals surface area contributed by atoms with Crippen molar-refractivity contribution in [1.82, 2.24) is 5.32 Å². The average Bonchev–Trinajstić information content (AvgIpc) is 2.33. The molecule has 1 aromatic rings. The van der Waals surface area contributed by atoms with E-state index in [1.807, 2.05) is 6.07 Å². The molecule has 108 valence electrons. The first-order valence-electron chi connectivity index (χ1n) is 6.94. The van der Waals surface area contributed by atoms with E-state index in [9.17, 15) is 4.39 Å². The van der Waals surface area contributed by atoms with Gasteiger partial charge in [0, 0.05) is 6.04 Å². The Morgan fingerprint density at radius 3 is 2.47 bits per heavy atom. The largest absolute Gasteiger partial charge is 0.494 e. The van der Waals surface area contributed by atoms with Gasteiger partial charge in [0.15, 0.2) is 11.6 Å². The molecular weight excluding hydrogens is 241 g/mol. The first-order chi connectivity index (χ1) is 8.88. The summed E-state index contributed by atoms with van der Waals surface area (Å²) in [6, 6.07) is 5.55. The van der Waals surface area contributed by atoms with E-state index in [2.05, 4.69) is 33.0 Å². The summed E-state index contributed by atoms with van der Waals surface area (Å²) in [7, 11) is 1.48. The maximum Gasteiger partial charge on any atom is 0.165 e. The molecule has 0 amide bonds. The fraction of sp³-hybridized carbons (Fsp3) is 0.625. The van der Waals surface area contributed by atoms with E-state index in [1.54, 1.807) is 12.1 Å². The van der Waals surface area contributed by atoms with Crippen molar-refractivity contribution in [3.63, 3.8) is 0 Å². The number of hydrogen-bond acceptors (Lipinski definition) is 2. The fourth-order valence-corrected chi connectivity index (χ4v) is 2.08. The van der Waals surface area contributed by atoms with Crippen LogP contribution in [0.25, 0.3) is 0 Å². The Labute approximate surface area is 116 Å². The molecule has 0 aliphatic heterocycles. The van der Waals surface area contributed by atoms with E-state index < -0.39 is 0 Å². The lowest BCUT2D eigenvalue weighted by Gasteiger charge is -2.32. The van der Waals surface area contributed by atoms with Gasteiger partial charge in [0.1, 0.15) is 0 Å². The highest BCUT2D eigenvalue weighted by Gasteiger charge is 2.24. The molecule has 0 spiro atoms. The van der Waals surface area contributed by atoms with E-state index in [0.29, 0.717) is 11.8 Å². The molecule has 3 heteroatoms. The average molecular weight is 267 g/mol. The summed E-state index contributed by atoms with van der Waals surface area (Å²) in [5, 5.41) is 3.55. The molecule has 0 fully saturated rings. The van der Waals surface area contributed by atoms with Crippen molar-refractivity contribution >= 4 is 0 Å². The third-order valence-electron chi connectivity index (χ3n) is 3.34. The summed E-state index contributed by atoms with van der Waals surface area (Å²) in [6.07, 6.45) is 1.92. The molecule has 0 bridgehead atoms. The first kappa shape index (κ1) is 16.0. The molecule has 1 N–H and O–H groups in total. The van der Waals surface area contributed by atoms with E-state index in [1.165, 1.54) is 7.11 Å². The van der Waals surface area contributed by atoms with Crippen molar-refractivity contribution in [1.29, 1.82) is 0 Å². The molecule has 0 aliphatic carbocycles. The minimum Gasteiger partial charge on any atom is -0.494 e. The summed E-state index contributed by atoms with van der Waals surface area (Å²) in [5.74, 6) is 0.0146. The summed E-state index contributed by atoms with van der Waals surface area (Å²) in [4.78, 5) is 0. The predicted molar refractivity (Wildman–Crippen MR) is 78.2 cm³/mol. The highest BCUT2D eigenvalue weighted by Crippen LogP contribution is 2.25. The Kier molecular flexibility index (Phi) is 5.80. The maximum absolute atomic E-state index is 13.7. The SMILES string of the molecule is CCCNC(Cc1ccc(OC)c(F)c1)C(C)(C)C. The van der Waals surface area contributed by atoms with E-state index in [0.717, 1.165) is 24.9 Å². The minimum atomic E-state index is -0.289. The van der Waals surface area contributed by atoms with Crippen molar-refractivity contribution in [2.75, 3.05) is 13.7 Å². The van der Waals surface area contributed by atoms with Crippen LogP contribution in [0.5, 0.6) is 5.75 Å². The molecule has 0 aliphatic rings. The molecule has 0 saturated heterocycles. The number of rotatable bonds is 6. The Balaban J connectivity index is 2.81. The van der Waals surface area contributed by atoms with Crippen LogP contribution in [0.1, 0.15) is 39.7 Å². The Morgan fingerprint density at radius 2 is 2.00 bits per heavy atom. The van der Waals surface area contributed by atoms with Crippen molar-refractivity contribution in [2.45, 2.75) is 46.6 Å². The molecular formula is C16H26FNO. The topological polar surface area (TPSA) is 21.3 Å². The summed E-state index contributed by atoms with van der Waals surface area (Å²) < 4.78 is 18.7. The highest BCUT2D eigenvalue weighted by atomic mass is 19.1. The van der Waals surface area contributed by atoms with Gasteiger partial charge in [-0.2, -0.15) is 0 Å². The second kappa shape index (κ2) is 6.90. The van der Waals surface area contributed by atoms with E-state index in [-0.39, 0.29) is 11.2 Å². The van der Waals surface area contributed by atoms with E-state index >= 15 is 0 Å². The van der Waals surface area contributed by atoms with Gasteiger partial charge in [0.25, 0.3) is 0 Å². The molecule has 1 rings (SSSR count). The van der Waals surface area contributed by atoms with Crippen molar-refractivity contribution in [2.24, 2.45) is 5.41 Å². The molecule has 0 aromatic heterocycles. The Morgan fingerprint density at radius 1 is 1.32 bits per heavy atom. The molecule has 0 saturated carbocycles. The van der Waals surface area contributed by atoms with Crippen LogP contribution in [0.15, 0.2) is 18.2 Å². The van der Waals surface area contributed by atoms with E-state index in [4.69, 9.17) is 4.74 Å². The lowest BCUT2D eigenvalue weighted by Crippen LogP contribution is -2.42. The predicted octanol–water partition coefficient (Wildman–Crippen LogP) is 3.79. The van der Waals surface area contributed by atoms with Gasteiger partial charge in [-0.25, -0.2) is 4.39 Å². The molecule has 0 heterocycles. The van der Waals surface area contributed by atoms with Gasteiger partial charge in [-0.05, 0) is 42.5 Å². The van der Waals surface area contributed by atoms with Crippen molar-refractivity contribution in [3.05, 3.63) is 29.6 Å². The molecule has 2 nitrogen and oxygen atoms in total. The van der Waals surface area contributed by atoms with Gasteiger partial charge in [-0.15, -0.1) is 0 Å². The first-order valence-corrected chi connectivity index (χ1v) is 6.94. The number of ether oxygens (including phenoxy) is 1. The van der Waals surface area contributed by atoms with Crippen LogP contribution >= 0.6 is 0 Å². The van der Waals surface area contributed by atoms with Gasteiger partial charge in [0.05, 0.1) is 7.11 Å². The molecule has 1 atom stereocenters. The van der Waals surface area contributed by atoms with Crippen LogP contribution in [-0.4, -0.2) is 19.7 Å². The summed E-state index contributed by atoms with van der Waals surface area (Å²) >= 11 is 0. The number of benzene rings is 1.